The molecule has 0 atom stereocenters. The fourth-order valence-electron chi connectivity index (χ4n) is 2.44. The van der Waals surface area contributed by atoms with Crippen molar-refractivity contribution in [2.75, 3.05) is 0 Å². The molecular weight excluding hydrogens is 539 g/mol. The Kier molecular flexibility index (Phi) is 5.14. The third kappa shape index (κ3) is 3.30. The second-order valence-electron chi connectivity index (χ2n) is 5.05. The summed E-state index contributed by atoms with van der Waals surface area (Å²) < 4.78 is 84.0. The SMILES string of the molecule is Fc1cccc(F)[c]1[Bi]([c]1c(F)cccc1F)[c]1c(F)cccc1F. The Bertz CT molecular complexity index is 758. The predicted octanol–water partition coefficient (Wildman–Crippen LogP) is 3.04. The van der Waals surface area contributed by atoms with Crippen molar-refractivity contribution in [3.05, 3.63) is 89.5 Å². The molecule has 3 aromatic carbocycles. The van der Waals surface area contributed by atoms with Crippen LogP contribution in [0.1, 0.15) is 0 Å². The molecule has 0 amide bonds. The number of hydrogen-bond acceptors (Lipinski definition) is 0. The van der Waals surface area contributed by atoms with E-state index in [1.807, 2.05) is 0 Å². The Morgan fingerprint density at radius 2 is 0.600 bits per heavy atom. The first-order valence-corrected chi connectivity index (χ1v) is 12.3. The van der Waals surface area contributed by atoms with Gasteiger partial charge in [-0.3, -0.25) is 0 Å². The van der Waals surface area contributed by atoms with Crippen LogP contribution < -0.4 is 9.81 Å². The van der Waals surface area contributed by atoms with E-state index < -0.39 is 66.5 Å². The zero-order valence-electron chi connectivity index (χ0n) is 12.4. The van der Waals surface area contributed by atoms with Crippen LogP contribution in [0, 0.1) is 34.9 Å². The summed E-state index contributed by atoms with van der Waals surface area (Å²) in [5.41, 5.74) is 0. The topological polar surface area (TPSA) is 0 Å². The van der Waals surface area contributed by atoms with Crippen LogP contribution in [0.15, 0.2) is 54.6 Å². The fourth-order valence-corrected chi connectivity index (χ4v) is 11.8. The molecule has 3 rings (SSSR count). The van der Waals surface area contributed by atoms with Gasteiger partial charge in [0.1, 0.15) is 0 Å². The van der Waals surface area contributed by atoms with E-state index in [-0.39, 0.29) is 0 Å². The van der Waals surface area contributed by atoms with Crippen LogP contribution in [0.5, 0.6) is 0 Å². The number of benzene rings is 3. The van der Waals surface area contributed by atoms with E-state index in [1.54, 1.807) is 0 Å². The second-order valence-corrected chi connectivity index (χ2v) is 12.9. The standard InChI is InChI=1S/3C6H3F2.Bi/c3*7-5-2-1-3-6(8)4-5;/h3*1-3H;. The van der Waals surface area contributed by atoms with Crippen LogP contribution in [0.3, 0.4) is 0 Å². The molecule has 7 heteroatoms. The normalized spacial score (nSPS) is 11.2. The molecule has 0 spiro atoms. The molecule has 0 radical (unpaired) electrons. The molecular formula is C18H9BiF6. The summed E-state index contributed by atoms with van der Waals surface area (Å²) in [6.45, 7) is 0. The van der Waals surface area contributed by atoms with Gasteiger partial charge in [-0.05, 0) is 0 Å². The van der Waals surface area contributed by atoms with Crippen LogP contribution in [-0.2, 0) is 0 Å². The van der Waals surface area contributed by atoms with E-state index in [9.17, 15) is 26.3 Å². The molecule has 0 nitrogen and oxygen atoms in total. The van der Waals surface area contributed by atoms with E-state index in [4.69, 9.17) is 0 Å². The molecule has 0 aromatic heterocycles. The van der Waals surface area contributed by atoms with Crippen LogP contribution >= 0.6 is 0 Å². The third-order valence-electron chi connectivity index (χ3n) is 3.48. The second kappa shape index (κ2) is 7.16. The summed E-state index contributed by atoms with van der Waals surface area (Å²) in [6.07, 6.45) is 0. The average Bonchev–Trinajstić information content (AvgIpc) is 2.53. The van der Waals surface area contributed by atoms with Crippen molar-refractivity contribution in [3.8, 4) is 0 Å². The van der Waals surface area contributed by atoms with Gasteiger partial charge in [0.05, 0.1) is 0 Å². The van der Waals surface area contributed by atoms with E-state index in [0.717, 1.165) is 54.6 Å². The summed E-state index contributed by atoms with van der Waals surface area (Å²) in [5, 5.41) is 0. The van der Waals surface area contributed by atoms with Gasteiger partial charge < -0.3 is 0 Å². The molecule has 0 bridgehead atoms. The summed E-state index contributed by atoms with van der Waals surface area (Å²) in [4.78, 5) is 0. The zero-order valence-corrected chi connectivity index (χ0v) is 15.9. The van der Waals surface area contributed by atoms with Crippen molar-refractivity contribution in [1.29, 1.82) is 0 Å². The molecule has 0 fully saturated rings. The number of rotatable bonds is 3. The van der Waals surface area contributed by atoms with Crippen LogP contribution in [0.2, 0.25) is 0 Å². The van der Waals surface area contributed by atoms with Gasteiger partial charge in [-0.2, -0.15) is 0 Å². The minimum atomic E-state index is -4.65. The monoisotopic (exact) mass is 548 g/mol. The molecule has 3 aromatic rings. The van der Waals surface area contributed by atoms with Crippen LogP contribution in [0.4, 0.5) is 26.3 Å². The van der Waals surface area contributed by atoms with E-state index in [0.29, 0.717) is 0 Å². The van der Waals surface area contributed by atoms with Crippen molar-refractivity contribution in [1.82, 2.24) is 0 Å². The Hall–Kier alpha value is -1.88. The molecule has 0 aliphatic heterocycles. The van der Waals surface area contributed by atoms with E-state index >= 15 is 0 Å². The van der Waals surface area contributed by atoms with Gasteiger partial charge in [0.15, 0.2) is 0 Å². The van der Waals surface area contributed by atoms with Crippen molar-refractivity contribution < 1.29 is 26.3 Å². The maximum absolute atomic E-state index is 14.3. The van der Waals surface area contributed by atoms with Gasteiger partial charge >= 0.3 is 147 Å². The first-order valence-electron chi connectivity index (χ1n) is 7.04. The molecule has 0 unspecified atom stereocenters. The van der Waals surface area contributed by atoms with Crippen molar-refractivity contribution in [2.45, 2.75) is 0 Å². The van der Waals surface area contributed by atoms with Gasteiger partial charge in [0, 0.05) is 0 Å². The predicted molar refractivity (Wildman–Crippen MR) is 83.7 cm³/mol. The Morgan fingerprint density at radius 3 is 0.800 bits per heavy atom. The molecule has 0 aliphatic rings. The maximum atomic E-state index is 14.3. The molecule has 0 aliphatic carbocycles. The molecule has 0 N–H and O–H groups in total. The Labute approximate surface area is 147 Å². The average molecular weight is 548 g/mol. The summed E-state index contributed by atoms with van der Waals surface area (Å²) in [7, 11) is 0. The fraction of sp³-hybridized carbons (Fsp3) is 0. The Balaban J connectivity index is 2.42. The van der Waals surface area contributed by atoms with Gasteiger partial charge in [-0.15, -0.1) is 0 Å². The number of halogens is 6. The quantitative estimate of drug-likeness (QED) is 0.349. The van der Waals surface area contributed by atoms with E-state index in [2.05, 4.69) is 0 Å². The Morgan fingerprint density at radius 1 is 0.400 bits per heavy atom. The summed E-state index contributed by atoms with van der Waals surface area (Å²) in [6, 6.07) is 8.63. The summed E-state index contributed by atoms with van der Waals surface area (Å²) in [5.74, 6) is -6.48. The third-order valence-corrected chi connectivity index (χ3v) is 13.7. The van der Waals surface area contributed by atoms with E-state index in [1.165, 1.54) is 0 Å². The van der Waals surface area contributed by atoms with Gasteiger partial charge in [-0.1, -0.05) is 0 Å². The van der Waals surface area contributed by atoms with Crippen molar-refractivity contribution in [2.24, 2.45) is 0 Å². The first kappa shape index (κ1) is 17.9. The van der Waals surface area contributed by atoms with Gasteiger partial charge in [0.2, 0.25) is 0 Å². The first-order chi connectivity index (χ1) is 11.9. The van der Waals surface area contributed by atoms with Crippen molar-refractivity contribution in [3.63, 3.8) is 0 Å². The molecule has 128 valence electrons. The zero-order chi connectivity index (χ0) is 18.1. The van der Waals surface area contributed by atoms with Crippen molar-refractivity contribution >= 4 is 31.6 Å². The van der Waals surface area contributed by atoms with Crippen LogP contribution in [-0.4, -0.2) is 21.8 Å². The molecule has 25 heavy (non-hydrogen) atoms. The van der Waals surface area contributed by atoms with Gasteiger partial charge in [-0.25, -0.2) is 0 Å². The molecule has 0 saturated carbocycles. The minimum absolute atomic E-state index is 0.634. The molecule has 0 saturated heterocycles. The molecule has 0 heterocycles. The van der Waals surface area contributed by atoms with Gasteiger partial charge in [0.25, 0.3) is 0 Å². The van der Waals surface area contributed by atoms with Crippen LogP contribution in [0.25, 0.3) is 0 Å². The summed E-state index contributed by atoms with van der Waals surface area (Å²) >= 11 is -4.65. The number of hydrogen-bond donors (Lipinski definition) is 0.